The van der Waals surface area contributed by atoms with Crippen LogP contribution in [0.2, 0.25) is 0 Å². The number of carbonyl (C=O) groups is 3. The standard InChI is InChI=1S/C35H42FN5O4/c1-34(2,3)45-33(44)41-26-10-8-24(17-26)30(41)31(42)38-25(20-37)16-23-7-6-22(19-28(23)36)21-9-11-29-27(18-21)35(32(43)40(29)5)12-14-39(4)15-13-35/h6-7,9,11,18-19,24-26,30H,8,10,12-17H2,1-5H3,(H,38,42)/t24-,25-,26+,30-/m0/s1. The van der Waals surface area contributed by atoms with Gasteiger partial charge in [-0.05, 0) is 119 Å². The number of piperidine rings is 2. The number of likely N-dealkylation sites (N-methyl/N-ethyl adjacent to an activating group) is 1. The van der Waals surface area contributed by atoms with Gasteiger partial charge >= 0.3 is 6.09 Å². The van der Waals surface area contributed by atoms with Crippen LogP contribution in [0.4, 0.5) is 14.9 Å². The van der Waals surface area contributed by atoms with Crippen molar-refractivity contribution in [3.8, 4) is 17.2 Å². The first-order valence-corrected chi connectivity index (χ1v) is 15.9. The molecule has 1 aliphatic carbocycles. The minimum absolute atomic E-state index is 0.00828. The zero-order valence-corrected chi connectivity index (χ0v) is 26.7. The quantitative estimate of drug-likeness (QED) is 0.520. The third kappa shape index (κ3) is 5.56. The first-order valence-electron chi connectivity index (χ1n) is 15.9. The molecule has 9 nitrogen and oxygen atoms in total. The molecule has 2 saturated heterocycles. The lowest BCUT2D eigenvalue weighted by atomic mass is 9.73. The zero-order valence-electron chi connectivity index (χ0n) is 26.7. The Bertz CT molecular complexity index is 1570. The van der Waals surface area contributed by atoms with Gasteiger partial charge in [0.25, 0.3) is 0 Å². The maximum Gasteiger partial charge on any atom is 0.411 e. The monoisotopic (exact) mass is 615 g/mol. The van der Waals surface area contributed by atoms with Crippen molar-refractivity contribution in [2.24, 2.45) is 5.92 Å². The minimum Gasteiger partial charge on any atom is -0.444 e. The maximum atomic E-state index is 15.5. The Balaban J connectivity index is 1.17. The van der Waals surface area contributed by atoms with Gasteiger partial charge in [-0.25, -0.2) is 9.18 Å². The van der Waals surface area contributed by atoms with Crippen LogP contribution in [0, 0.1) is 23.1 Å². The van der Waals surface area contributed by atoms with Gasteiger partial charge in [-0.15, -0.1) is 0 Å². The number of benzene rings is 2. The van der Waals surface area contributed by atoms with Crippen LogP contribution >= 0.6 is 0 Å². The molecule has 1 saturated carbocycles. The van der Waals surface area contributed by atoms with E-state index >= 15 is 4.39 Å². The number of ether oxygens (including phenoxy) is 1. The maximum absolute atomic E-state index is 15.5. The van der Waals surface area contributed by atoms with Crippen molar-refractivity contribution < 1.29 is 23.5 Å². The Kier molecular flexibility index (Phi) is 7.88. The lowest BCUT2D eigenvalue weighted by molar-refractivity contribution is -0.128. The third-order valence-corrected chi connectivity index (χ3v) is 10.2. The fourth-order valence-corrected chi connectivity index (χ4v) is 7.82. The van der Waals surface area contributed by atoms with E-state index in [-0.39, 0.29) is 24.3 Å². The Morgan fingerprint density at radius 2 is 1.80 bits per heavy atom. The molecule has 6 rings (SSSR count). The summed E-state index contributed by atoms with van der Waals surface area (Å²) in [6, 6.07) is 11.2. The second-order valence-electron chi connectivity index (χ2n) is 14.2. The second kappa shape index (κ2) is 11.4. The zero-order chi connectivity index (χ0) is 32.3. The number of carbonyl (C=O) groups excluding carboxylic acids is 3. The van der Waals surface area contributed by atoms with E-state index in [4.69, 9.17) is 4.74 Å². The molecular formula is C35H42FN5O4. The van der Waals surface area contributed by atoms with Gasteiger partial charge in [0.1, 0.15) is 23.5 Å². The molecule has 4 aliphatic rings. The predicted molar refractivity (Wildman–Crippen MR) is 168 cm³/mol. The third-order valence-electron chi connectivity index (χ3n) is 10.2. The molecular weight excluding hydrogens is 573 g/mol. The molecule has 2 aromatic carbocycles. The Morgan fingerprint density at radius 3 is 2.47 bits per heavy atom. The number of fused-ring (bicyclic) bond motifs is 4. The van der Waals surface area contributed by atoms with Crippen LogP contribution in [0.1, 0.15) is 64.0 Å². The van der Waals surface area contributed by atoms with Crippen molar-refractivity contribution in [1.29, 1.82) is 5.26 Å². The molecule has 238 valence electrons. The van der Waals surface area contributed by atoms with Gasteiger partial charge in [-0.2, -0.15) is 5.26 Å². The lowest BCUT2D eigenvalue weighted by Gasteiger charge is -2.36. The summed E-state index contributed by atoms with van der Waals surface area (Å²) >= 11 is 0. The highest BCUT2D eigenvalue weighted by atomic mass is 19.1. The average Bonchev–Trinajstić information content (AvgIpc) is 3.67. The Morgan fingerprint density at radius 1 is 1.11 bits per heavy atom. The lowest BCUT2D eigenvalue weighted by Crippen LogP contribution is -2.55. The molecule has 4 atom stereocenters. The van der Waals surface area contributed by atoms with E-state index in [9.17, 15) is 19.6 Å². The van der Waals surface area contributed by atoms with E-state index in [0.717, 1.165) is 62.0 Å². The number of likely N-dealkylation sites (tertiary alicyclic amines) is 2. The predicted octanol–water partition coefficient (Wildman–Crippen LogP) is 4.77. The fraction of sp³-hybridized carbons (Fsp3) is 0.543. The van der Waals surface area contributed by atoms with Gasteiger partial charge in [0, 0.05) is 25.2 Å². The van der Waals surface area contributed by atoms with E-state index < -0.39 is 40.9 Å². The number of anilines is 1. The van der Waals surface area contributed by atoms with Crippen LogP contribution < -0.4 is 10.2 Å². The highest BCUT2D eigenvalue weighted by Crippen LogP contribution is 2.48. The molecule has 0 aromatic heterocycles. The number of halogens is 1. The molecule has 0 radical (unpaired) electrons. The van der Waals surface area contributed by atoms with Gasteiger partial charge in [-0.3, -0.25) is 14.5 Å². The average molecular weight is 616 g/mol. The summed E-state index contributed by atoms with van der Waals surface area (Å²) in [6.45, 7) is 7.04. The number of nitrogens with zero attached hydrogens (tertiary/aromatic N) is 4. The van der Waals surface area contributed by atoms with Crippen LogP contribution in [0.3, 0.4) is 0 Å². The number of rotatable bonds is 5. The number of hydrogen-bond donors (Lipinski definition) is 1. The molecule has 0 unspecified atom stereocenters. The van der Waals surface area contributed by atoms with Crippen molar-refractivity contribution in [2.45, 2.75) is 88.4 Å². The first-order chi connectivity index (χ1) is 21.3. The van der Waals surface area contributed by atoms with Crippen molar-refractivity contribution in [1.82, 2.24) is 15.1 Å². The second-order valence-corrected chi connectivity index (χ2v) is 14.2. The van der Waals surface area contributed by atoms with Crippen LogP contribution in [-0.2, 0) is 26.2 Å². The molecule has 2 aromatic rings. The van der Waals surface area contributed by atoms with Crippen molar-refractivity contribution in [3.05, 3.63) is 53.3 Å². The number of hydrogen-bond acceptors (Lipinski definition) is 6. The molecule has 10 heteroatoms. The topological polar surface area (TPSA) is 106 Å². The summed E-state index contributed by atoms with van der Waals surface area (Å²) in [5.41, 5.74) is 2.46. The minimum atomic E-state index is -0.969. The van der Waals surface area contributed by atoms with E-state index in [1.165, 1.54) is 11.0 Å². The molecule has 3 amide bonds. The first kappa shape index (κ1) is 31.0. The summed E-state index contributed by atoms with van der Waals surface area (Å²) in [6.07, 6.45) is 3.35. The van der Waals surface area contributed by atoms with Gasteiger partial charge in [0.15, 0.2) is 0 Å². The summed E-state index contributed by atoms with van der Waals surface area (Å²) in [4.78, 5) is 45.3. The van der Waals surface area contributed by atoms with Gasteiger partial charge in [0.2, 0.25) is 11.8 Å². The summed E-state index contributed by atoms with van der Waals surface area (Å²) in [5.74, 6) is -0.750. The largest absolute Gasteiger partial charge is 0.444 e. The smallest absolute Gasteiger partial charge is 0.411 e. The molecule has 45 heavy (non-hydrogen) atoms. The highest BCUT2D eigenvalue weighted by molar-refractivity contribution is 6.08. The molecule has 1 N–H and O–H groups in total. The van der Waals surface area contributed by atoms with Crippen molar-refractivity contribution in [2.75, 3.05) is 32.1 Å². The molecule has 3 fully saturated rings. The van der Waals surface area contributed by atoms with E-state index in [1.54, 1.807) is 31.7 Å². The summed E-state index contributed by atoms with van der Waals surface area (Å²) < 4.78 is 21.1. The normalized spacial score (nSPS) is 24.5. The van der Waals surface area contributed by atoms with E-state index in [0.29, 0.717) is 11.1 Å². The van der Waals surface area contributed by atoms with Crippen molar-refractivity contribution in [3.63, 3.8) is 0 Å². The molecule has 3 aliphatic heterocycles. The number of nitrogens with one attached hydrogen (secondary N) is 1. The van der Waals surface area contributed by atoms with Gasteiger partial charge in [0.05, 0.1) is 11.5 Å². The number of amides is 3. The Hall–Kier alpha value is -3.97. The molecule has 3 heterocycles. The van der Waals surface area contributed by atoms with Crippen LogP contribution in [0.5, 0.6) is 0 Å². The summed E-state index contributed by atoms with van der Waals surface area (Å²) in [5, 5.41) is 12.7. The molecule has 2 bridgehead atoms. The fourth-order valence-electron chi connectivity index (χ4n) is 7.82. The van der Waals surface area contributed by atoms with Crippen LogP contribution in [0.25, 0.3) is 11.1 Å². The van der Waals surface area contributed by atoms with Crippen LogP contribution in [0.15, 0.2) is 36.4 Å². The summed E-state index contributed by atoms with van der Waals surface area (Å²) in [7, 11) is 3.89. The van der Waals surface area contributed by atoms with Gasteiger partial charge < -0.3 is 19.9 Å². The van der Waals surface area contributed by atoms with E-state index in [1.807, 2.05) is 31.3 Å². The SMILES string of the molecule is CN1CCC2(CC1)C(=O)N(C)c1ccc(-c3ccc(C[C@@H](C#N)NC(=O)[C@@H]4[C@H]5CC[C@H](C5)N4C(=O)OC(C)(C)C)c(F)c3)cc12. The van der Waals surface area contributed by atoms with E-state index in [2.05, 4.69) is 23.3 Å². The number of nitriles is 1. The van der Waals surface area contributed by atoms with Crippen molar-refractivity contribution >= 4 is 23.6 Å². The molecule has 1 spiro atoms. The Labute approximate surface area is 264 Å². The van der Waals surface area contributed by atoms with Crippen LogP contribution in [-0.4, -0.2) is 78.6 Å². The van der Waals surface area contributed by atoms with Gasteiger partial charge in [-0.1, -0.05) is 18.2 Å². The highest BCUT2D eigenvalue weighted by Gasteiger charge is 2.53.